The highest BCUT2D eigenvalue weighted by atomic mass is 32.2. The van der Waals surface area contributed by atoms with Gasteiger partial charge in [0, 0.05) is 19.8 Å². The van der Waals surface area contributed by atoms with Gasteiger partial charge in [-0.15, -0.1) is 11.8 Å². The summed E-state index contributed by atoms with van der Waals surface area (Å²) in [7, 11) is 3.32. The molecule has 2 atom stereocenters. The molecular formula is C10H16N2O3S. The van der Waals surface area contributed by atoms with Crippen molar-refractivity contribution in [3.63, 3.8) is 0 Å². The van der Waals surface area contributed by atoms with Gasteiger partial charge < -0.3 is 10.0 Å². The smallest absolute Gasteiger partial charge is 0.327 e. The number of carbonyl (C=O) groups is 2. The Bertz CT molecular complexity index is 317. The van der Waals surface area contributed by atoms with Crippen molar-refractivity contribution < 1.29 is 14.7 Å². The van der Waals surface area contributed by atoms with E-state index in [1.165, 1.54) is 4.90 Å². The molecule has 1 aliphatic heterocycles. The third kappa shape index (κ3) is 1.98. The van der Waals surface area contributed by atoms with Crippen LogP contribution in [0.2, 0.25) is 0 Å². The molecule has 90 valence electrons. The molecule has 16 heavy (non-hydrogen) atoms. The fraction of sp³-hybridized carbons (Fsp3) is 0.800. The van der Waals surface area contributed by atoms with E-state index >= 15 is 0 Å². The van der Waals surface area contributed by atoms with Crippen LogP contribution in [0.3, 0.4) is 0 Å². The maximum atomic E-state index is 12.0. The third-order valence-electron chi connectivity index (χ3n) is 2.95. The van der Waals surface area contributed by atoms with Crippen LogP contribution < -0.4 is 0 Å². The zero-order valence-corrected chi connectivity index (χ0v) is 10.2. The van der Waals surface area contributed by atoms with Gasteiger partial charge in [-0.2, -0.15) is 0 Å². The Kier molecular flexibility index (Phi) is 3.01. The van der Waals surface area contributed by atoms with E-state index in [1.807, 2.05) is 0 Å². The molecule has 0 radical (unpaired) electrons. The summed E-state index contributed by atoms with van der Waals surface area (Å²) in [6.07, 6.45) is 2.22. The molecule has 0 bridgehead atoms. The molecule has 2 fully saturated rings. The third-order valence-corrected chi connectivity index (χ3v) is 4.41. The zero-order chi connectivity index (χ0) is 11.9. The van der Waals surface area contributed by atoms with E-state index in [0.29, 0.717) is 11.7 Å². The number of hydrogen-bond acceptors (Lipinski definition) is 3. The number of hydrogen-bond donors (Lipinski definition) is 1. The number of thioether (sulfide) groups is 1. The van der Waals surface area contributed by atoms with Crippen molar-refractivity contribution in [1.29, 1.82) is 0 Å². The second-order valence-electron chi connectivity index (χ2n) is 4.50. The lowest BCUT2D eigenvalue weighted by atomic mass is 10.2. The van der Waals surface area contributed by atoms with Gasteiger partial charge in [-0.05, 0) is 18.8 Å². The first kappa shape index (κ1) is 11.6. The predicted molar refractivity (Wildman–Crippen MR) is 61.3 cm³/mol. The van der Waals surface area contributed by atoms with Crippen molar-refractivity contribution in [2.45, 2.75) is 24.3 Å². The van der Waals surface area contributed by atoms with Crippen LogP contribution in [0.4, 0.5) is 4.79 Å². The summed E-state index contributed by atoms with van der Waals surface area (Å²) in [5, 5.41) is 9.17. The van der Waals surface area contributed by atoms with Crippen LogP contribution in [0.5, 0.6) is 0 Å². The molecule has 1 N–H and O–H groups in total. The minimum atomic E-state index is -0.897. The summed E-state index contributed by atoms with van der Waals surface area (Å²) in [6, 6.07) is -0.847. The summed E-state index contributed by atoms with van der Waals surface area (Å²) in [5.41, 5.74) is 0. The van der Waals surface area contributed by atoms with Crippen molar-refractivity contribution in [3.05, 3.63) is 0 Å². The van der Waals surface area contributed by atoms with E-state index in [0.717, 1.165) is 12.8 Å². The molecule has 1 saturated carbocycles. The molecule has 2 unspecified atom stereocenters. The normalized spacial score (nSPS) is 29.2. The van der Waals surface area contributed by atoms with Gasteiger partial charge in [0.1, 0.15) is 6.04 Å². The minimum absolute atomic E-state index is 0.0657. The first-order valence-corrected chi connectivity index (χ1v) is 6.41. The molecule has 2 aliphatic rings. The SMILES string of the molecule is CN(C)C(=O)N1C(C(=O)O)CSC1C1CC1. The number of rotatable bonds is 2. The predicted octanol–water partition coefficient (Wildman–Crippen LogP) is 0.906. The van der Waals surface area contributed by atoms with Crippen molar-refractivity contribution >= 4 is 23.8 Å². The van der Waals surface area contributed by atoms with Gasteiger partial charge in [0.2, 0.25) is 0 Å². The lowest BCUT2D eigenvalue weighted by Crippen LogP contribution is -2.50. The number of nitrogens with zero attached hydrogens (tertiary/aromatic N) is 2. The quantitative estimate of drug-likeness (QED) is 0.784. The fourth-order valence-corrected chi connectivity index (χ4v) is 3.56. The van der Waals surface area contributed by atoms with E-state index in [1.54, 1.807) is 30.8 Å². The van der Waals surface area contributed by atoms with Crippen LogP contribution in [0.25, 0.3) is 0 Å². The Morgan fingerprint density at radius 3 is 2.44 bits per heavy atom. The Morgan fingerprint density at radius 1 is 1.38 bits per heavy atom. The van der Waals surface area contributed by atoms with E-state index in [4.69, 9.17) is 5.11 Å². The van der Waals surface area contributed by atoms with Crippen LogP contribution in [-0.2, 0) is 4.79 Å². The average Bonchev–Trinajstić information content (AvgIpc) is 2.95. The van der Waals surface area contributed by atoms with E-state index in [-0.39, 0.29) is 11.4 Å². The van der Waals surface area contributed by atoms with E-state index in [2.05, 4.69) is 0 Å². The average molecular weight is 244 g/mol. The summed E-state index contributed by atoms with van der Waals surface area (Å²) in [5.74, 6) is 0.111. The molecule has 2 amide bonds. The molecule has 2 rings (SSSR count). The number of urea groups is 1. The Labute approximate surface area is 98.8 Å². The van der Waals surface area contributed by atoms with Crippen LogP contribution >= 0.6 is 11.8 Å². The molecule has 0 aromatic heterocycles. The maximum absolute atomic E-state index is 12.0. The van der Waals surface area contributed by atoms with Gasteiger partial charge in [-0.1, -0.05) is 0 Å². The highest BCUT2D eigenvalue weighted by Gasteiger charge is 2.48. The molecule has 1 saturated heterocycles. The molecule has 1 heterocycles. The van der Waals surface area contributed by atoms with Gasteiger partial charge in [0.15, 0.2) is 0 Å². The van der Waals surface area contributed by atoms with Crippen LogP contribution in [0.1, 0.15) is 12.8 Å². The van der Waals surface area contributed by atoms with Crippen LogP contribution in [0, 0.1) is 5.92 Å². The minimum Gasteiger partial charge on any atom is -0.480 e. The first-order valence-electron chi connectivity index (χ1n) is 5.36. The van der Waals surface area contributed by atoms with Crippen molar-refractivity contribution in [2.75, 3.05) is 19.8 Å². The standard InChI is InChI=1S/C10H16N2O3S/c1-11(2)10(15)12-7(9(13)14)5-16-8(12)6-3-4-6/h6-8H,3-5H2,1-2H3,(H,13,14). The Hall–Kier alpha value is -0.910. The van der Waals surface area contributed by atoms with Gasteiger partial charge in [0.05, 0.1) is 5.37 Å². The van der Waals surface area contributed by atoms with Crippen LogP contribution in [0.15, 0.2) is 0 Å². The lowest BCUT2D eigenvalue weighted by Gasteiger charge is -2.29. The van der Waals surface area contributed by atoms with E-state index < -0.39 is 12.0 Å². The van der Waals surface area contributed by atoms with Crippen molar-refractivity contribution in [2.24, 2.45) is 5.92 Å². The van der Waals surface area contributed by atoms with Gasteiger partial charge in [0.25, 0.3) is 0 Å². The number of aliphatic carboxylic acids is 1. The Balaban J connectivity index is 2.17. The van der Waals surface area contributed by atoms with Gasteiger partial charge in [-0.25, -0.2) is 9.59 Å². The van der Waals surface area contributed by atoms with Crippen molar-refractivity contribution in [3.8, 4) is 0 Å². The second kappa shape index (κ2) is 4.16. The fourth-order valence-electron chi connectivity index (χ4n) is 1.94. The summed E-state index contributed by atoms with van der Waals surface area (Å²) in [4.78, 5) is 26.1. The molecule has 0 spiro atoms. The lowest BCUT2D eigenvalue weighted by molar-refractivity contribution is -0.141. The summed E-state index contributed by atoms with van der Waals surface area (Å²) in [6.45, 7) is 0. The second-order valence-corrected chi connectivity index (χ2v) is 5.65. The molecule has 6 heteroatoms. The van der Waals surface area contributed by atoms with Gasteiger partial charge >= 0.3 is 12.0 Å². The molecule has 5 nitrogen and oxygen atoms in total. The van der Waals surface area contributed by atoms with E-state index in [9.17, 15) is 9.59 Å². The number of carboxylic acids is 1. The summed E-state index contributed by atoms with van der Waals surface area (Å²) < 4.78 is 0. The molecule has 0 aromatic carbocycles. The van der Waals surface area contributed by atoms with Crippen molar-refractivity contribution in [1.82, 2.24) is 9.80 Å². The molecular weight excluding hydrogens is 228 g/mol. The topological polar surface area (TPSA) is 60.9 Å². The number of carboxylic acid groups (broad SMARTS) is 1. The van der Waals surface area contributed by atoms with Crippen LogP contribution in [-0.4, -0.2) is 58.2 Å². The highest BCUT2D eigenvalue weighted by molar-refractivity contribution is 8.00. The van der Waals surface area contributed by atoms with Gasteiger partial charge in [-0.3, -0.25) is 4.90 Å². The maximum Gasteiger partial charge on any atom is 0.327 e. The first-order chi connectivity index (χ1) is 7.52. The monoisotopic (exact) mass is 244 g/mol. The summed E-state index contributed by atoms with van der Waals surface area (Å²) >= 11 is 1.60. The molecule has 1 aliphatic carbocycles. The zero-order valence-electron chi connectivity index (χ0n) is 9.42. The Morgan fingerprint density at radius 2 is 2.00 bits per heavy atom. The number of amides is 2. The molecule has 0 aromatic rings. The number of carbonyl (C=O) groups excluding carboxylic acids is 1. The highest BCUT2D eigenvalue weighted by Crippen LogP contribution is 2.45. The largest absolute Gasteiger partial charge is 0.480 e.